The lowest BCUT2D eigenvalue weighted by Crippen LogP contribution is -2.28. The fourth-order valence-corrected chi connectivity index (χ4v) is 6.43. The molecule has 1 aliphatic rings. The van der Waals surface area contributed by atoms with Crippen molar-refractivity contribution >= 4 is 32.4 Å². The highest BCUT2D eigenvalue weighted by Crippen LogP contribution is 2.57. The van der Waals surface area contributed by atoms with Crippen LogP contribution in [0.1, 0.15) is 35.1 Å². The van der Waals surface area contributed by atoms with Crippen LogP contribution in [0, 0.1) is 0 Å². The van der Waals surface area contributed by atoms with Gasteiger partial charge >= 0.3 is 7.75 Å². The minimum atomic E-state index is -3.40. The lowest BCUT2D eigenvalue weighted by Gasteiger charge is -2.16. The number of aliphatic hydroxyl groups is 2. The summed E-state index contributed by atoms with van der Waals surface area (Å²) in [5.41, 5.74) is 5.04. The van der Waals surface area contributed by atoms with E-state index in [1.54, 1.807) is 52.1 Å². The van der Waals surface area contributed by atoms with Gasteiger partial charge in [-0.3, -0.25) is 23.4 Å². The average molecular weight is 637 g/mol. The van der Waals surface area contributed by atoms with Crippen molar-refractivity contribution in [3.63, 3.8) is 0 Å². The molecule has 0 spiro atoms. The molecule has 0 bridgehead atoms. The Labute approximate surface area is 231 Å². The molecule has 1 aliphatic heterocycles. The third kappa shape index (κ3) is 30.8. The van der Waals surface area contributed by atoms with E-state index in [4.69, 9.17) is 25.0 Å². The number of aliphatic hydroxyl groups excluding tert-OH is 2. The summed E-state index contributed by atoms with van der Waals surface area (Å²) in [6.07, 6.45) is 0.983. The molecule has 5 atom stereocenters. The van der Waals surface area contributed by atoms with E-state index >= 15 is 0 Å². The van der Waals surface area contributed by atoms with Crippen LogP contribution in [0.3, 0.4) is 0 Å². The lowest BCUT2D eigenvalue weighted by atomic mass is 10.4. The van der Waals surface area contributed by atoms with Gasteiger partial charge < -0.3 is 25.1 Å². The van der Waals surface area contributed by atoms with Crippen molar-refractivity contribution in [3.8, 4) is 0 Å². The first-order valence-corrected chi connectivity index (χ1v) is 19.9. The molecule has 0 aromatic heterocycles. The molecule has 18 heteroatoms. The number of hydrogen-bond donors (Lipinski definition) is 5. The molecule has 0 saturated carbocycles. The van der Waals surface area contributed by atoms with Crippen LogP contribution in [-0.4, -0.2) is 121 Å². The molecule has 1 heterocycles. The van der Waals surface area contributed by atoms with Crippen LogP contribution in [0.25, 0.3) is 0 Å². The second-order valence-electron chi connectivity index (χ2n) is 9.40. The third-order valence-electron chi connectivity index (χ3n) is 3.76. The topological polar surface area (TPSA) is 207 Å². The number of nitrogens with two attached hydrogens (primary N) is 1. The maximum Gasteiger partial charge on any atom is 0.407 e. The van der Waals surface area contributed by atoms with Gasteiger partial charge in [0.15, 0.2) is 0 Å². The molecule has 1 fully saturated rings. The smallest absolute Gasteiger partial charge is 0.395 e. The van der Waals surface area contributed by atoms with Gasteiger partial charge in [0.1, 0.15) is 14.6 Å². The first kappa shape index (κ1) is 45.3. The Morgan fingerprint density at radius 1 is 0.947 bits per heavy atom. The van der Waals surface area contributed by atoms with Gasteiger partial charge in [0.05, 0.1) is 26.1 Å². The molecule has 0 aromatic carbocycles. The van der Waals surface area contributed by atoms with E-state index in [1.807, 2.05) is 6.92 Å². The second kappa shape index (κ2) is 21.1. The van der Waals surface area contributed by atoms with Crippen LogP contribution in [0.4, 0.5) is 0 Å². The third-order valence-corrected chi connectivity index (χ3v) is 8.56. The van der Waals surface area contributed by atoms with Crippen LogP contribution in [-0.2, 0) is 37.0 Å². The van der Waals surface area contributed by atoms with Crippen LogP contribution in [0.15, 0.2) is 0 Å². The zero-order chi connectivity index (χ0) is 30.3. The number of hydrogen-bond acceptors (Lipinski definition) is 11. The minimum absolute atomic E-state index is 0. The summed E-state index contributed by atoms with van der Waals surface area (Å²) in [7, 11) is -7.95. The van der Waals surface area contributed by atoms with Crippen LogP contribution >= 0.6 is 22.3 Å². The van der Waals surface area contributed by atoms with Gasteiger partial charge in [0.25, 0.3) is 10.1 Å². The molecule has 0 amide bonds. The summed E-state index contributed by atoms with van der Waals surface area (Å²) in [6, 6.07) is -0.0258. The van der Waals surface area contributed by atoms with E-state index in [2.05, 4.69) is 14.4 Å². The van der Waals surface area contributed by atoms with E-state index in [1.165, 1.54) is 14.2 Å². The van der Waals surface area contributed by atoms with Gasteiger partial charge in [-0.05, 0) is 27.7 Å². The number of rotatable bonds is 12. The van der Waals surface area contributed by atoms with Crippen LogP contribution < -0.4 is 15.9 Å². The van der Waals surface area contributed by atoms with E-state index < -0.39 is 32.4 Å². The van der Waals surface area contributed by atoms with Crippen LogP contribution in [0.5, 0.6) is 0 Å². The summed E-state index contributed by atoms with van der Waals surface area (Å²) in [5.74, 6) is 0. The Balaban J connectivity index is -0.000000210. The summed E-state index contributed by atoms with van der Waals surface area (Å²) in [5, 5.41) is 22.1. The van der Waals surface area contributed by atoms with Crippen molar-refractivity contribution in [3.05, 3.63) is 0 Å². The van der Waals surface area contributed by atoms with Gasteiger partial charge in [-0.25, -0.2) is 9.24 Å². The zero-order valence-corrected chi connectivity index (χ0v) is 27.6. The SMILES string of the molecule is C.CC(CO)NP(C)(C)=O.CC(COS(C)(=O)=O)NP(C)(C)=O.CC(N)CO.COP(=O)(OC)N1CC1C. The minimum Gasteiger partial charge on any atom is -0.395 e. The maximum absolute atomic E-state index is 11.4. The number of nitrogens with zero attached hydrogens (tertiary/aromatic N) is 1. The van der Waals surface area contributed by atoms with Crippen molar-refractivity contribution in [1.29, 1.82) is 0 Å². The Bertz CT molecular complexity index is 844. The average Bonchev–Trinajstić information content (AvgIpc) is 3.47. The summed E-state index contributed by atoms with van der Waals surface area (Å²) in [6.45, 7) is 14.6. The fraction of sp³-hybridized carbons (Fsp3) is 1.00. The quantitative estimate of drug-likeness (QED) is 0.118. The van der Waals surface area contributed by atoms with Crippen molar-refractivity contribution in [2.24, 2.45) is 5.73 Å². The maximum atomic E-state index is 11.4. The van der Waals surface area contributed by atoms with Gasteiger partial charge in [0.2, 0.25) is 0 Å². The highest BCUT2D eigenvalue weighted by Gasteiger charge is 2.45. The van der Waals surface area contributed by atoms with Crippen LogP contribution in [0.2, 0.25) is 0 Å². The Hall–Kier alpha value is 0.280. The highest BCUT2D eigenvalue weighted by molar-refractivity contribution is 7.86. The first-order valence-electron chi connectivity index (χ1n) is 11.4. The molecule has 0 radical (unpaired) electrons. The number of nitrogens with one attached hydrogen (secondary N) is 2. The molecule has 0 aliphatic carbocycles. The summed E-state index contributed by atoms with van der Waals surface area (Å²) < 4.78 is 70.5. The fourth-order valence-electron chi connectivity index (χ4n) is 2.21. The van der Waals surface area contributed by atoms with Gasteiger partial charge in [-0.2, -0.15) is 8.42 Å². The predicted octanol–water partition coefficient (Wildman–Crippen LogP) is 2.03. The molecular formula is C20H55N4O10P3S. The molecule has 38 heavy (non-hydrogen) atoms. The Morgan fingerprint density at radius 3 is 1.45 bits per heavy atom. The van der Waals surface area contributed by atoms with Crippen molar-refractivity contribution in [1.82, 2.24) is 14.8 Å². The van der Waals surface area contributed by atoms with Crippen molar-refractivity contribution < 1.29 is 45.6 Å². The molecule has 1 saturated heterocycles. The van der Waals surface area contributed by atoms with Crippen molar-refractivity contribution in [2.45, 2.75) is 59.3 Å². The van der Waals surface area contributed by atoms with E-state index in [-0.39, 0.29) is 45.4 Å². The van der Waals surface area contributed by atoms with Gasteiger partial charge in [-0.15, -0.1) is 0 Å². The normalized spacial score (nSPS) is 19.5. The van der Waals surface area contributed by atoms with E-state index in [9.17, 15) is 22.1 Å². The first-order chi connectivity index (χ1) is 16.5. The van der Waals surface area contributed by atoms with E-state index in [0.717, 1.165) is 12.8 Å². The standard InChI is InChI=1S/C6H16NO4PS.C5H12NO3P.C5H14NO2P.C3H9NO.CH4/c1-6(7-12(2,3)8)5-11-13(4,9)10;1-5-4-6(5)10(7,8-2)9-3;1-5(4-7)6-9(2,3)8;1-3(4)2-5;/h6H,5H2,1-4H3,(H,7,8);5H,4H2,1-3H3;5,7H,4H2,1-3H3,(H,6,8);3,5H,2,4H2,1H3;1H4. The van der Waals surface area contributed by atoms with E-state index in [0.29, 0.717) is 6.04 Å². The van der Waals surface area contributed by atoms with Crippen molar-refractivity contribution in [2.75, 3.05) is 73.5 Å². The zero-order valence-electron chi connectivity index (χ0n) is 24.1. The molecule has 1 rings (SSSR count). The Kier molecular flexibility index (Phi) is 25.1. The lowest BCUT2D eigenvalue weighted by molar-refractivity contribution is 0.245. The second-order valence-corrected chi connectivity index (χ2v) is 19.1. The monoisotopic (exact) mass is 636 g/mol. The molecular weight excluding hydrogens is 581 g/mol. The summed E-state index contributed by atoms with van der Waals surface area (Å²) in [4.78, 5) is 0. The molecule has 0 aromatic rings. The molecule has 14 nitrogen and oxygen atoms in total. The highest BCUT2D eigenvalue weighted by atomic mass is 32.2. The molecule has 5 unspecified atom stereocenters. The predicted molar refractivity (Wildman–Crippen MR) is 157 cm³/mol. The molecule has 236 valence electrons. The summed E-state index contributed by atoms with van der Waals surface area (Å²) >= 11 is 0. The Morgan fingerprint density at radius 2 is 1.29 bits per heavy atom. The van der Waals surface area contributed by atoms with Gasteiger partial charge in [-0.1, -0.05) is 7.43 Å². The van der Waals surface area contributed by atoms with Gasteiger partial charge in [0, 0.05) is 71.6 Å². The molecule has 6 N–H and O–H groups in total. The largest absolute Gasteiger partial charge is 0.407 e.